The van der Waals surface area contributed by atoms with Crippen molar-refractivity contribution >= 4 is 34.9 Å². The number of halogens is 4. The van der Waals surface area contributed by atoms with Crippen LogP contribution in [-0.4, -0.2) is 79.2 Å². The molecule has 2 aliphatic heterocycles. The van der Waals surface area contributed by atoms with Crippen molar-refractivity contribution in [2.45, 2.75) is 25.4 Å². The van der Waals surface area contributed by atoms with Crippen molar-refractivity contribution in [3.63, 3.8) is 0 Å². The van der Waals surface area contributed by atoms with E-state index in [1.807, 2.05) is 12.1 Å². The smallest absolute Gasteiger partial charge is 0.253 e. The van der Waals surface area contributed by atoms with E-state index >= 15 is 0 Å². The third-order valence-corrected chi connectivity index (χ3v) is 8.17. The molecule has 0 bridgehead atoms. The summed E-state index contributed by atoms with van der Waals surface area (Å²) in [5.74, 6) is -1.40. The maximum absolute atomic E-state index is 13.3. The molecule has 7 nitrogen and oxygen atoms in total. The summed E-state index contributed by atoms with van der Waals surface area (Å²) < 4.78 is 31.7. The predicted octanol–water partition coefficient (Wildman–Crippen LogP) is 5.26. The van der Waals surface area contributed by atoms with Crippen LogP contribution in [0.5, 0.6) is 5.75 Å². The Balaban J connectivity index is 1.04. The summed E-state index contributed by atoms with van der Waals surface area (Å²) in [5.41, 5.74) is 1.64. The molecule has 3 aromatic rings. The monoisotopic (exact) mass is 603 g/mol. The van der Waals surface area contributed by atoms with Crippen LogP contribution in [0.4, 0.5) is 14.6 Å². The summed E-state index contributed by atoms with van der Waals surface area (Å²) in [6.45, 7) is 6.94. The second kappa shape index (κ2) is 13.8. The van der Waals surface area contributed by atoms with E-state index in [2.05, 4.69) is 37.1 Å². The van der Waals surface area contributed by atoms with Gasteiger partial charge in [-0.05, 0) is 61.8 Å². The topological polar surface area (TPSA) is 60.9 Å². The molecule has 0 atom stereocenters. The average molecular weight is 605 g/mol. The first-order valence-electron chi connectivity index (χ1n) is 13.8. The second-order valence-corrected chi connectivity index (χ2v) is 11.2. The van der Waals surface area contributed by atoms with E-state index in [1.54, 1.807) is 6.07 Å². The number of likely N-dealkylation sites (tertiary alicyclic amines) is 1. The number of benzene rings is 2. The van der Waals surface area contributed by atoms with Crippen LogP contribution in [0.2, 0.25) is 10.0 Å². The highest BCUT2D eigenvalue weighted by atomic mass is 35.5. The zero-order valence-corrected chi connectivity index (χ0v) is 24.2. The zero-order valence-electron chi connectivity index (χ0n) is 22.7. The van der Waals surface area contributed by atoms with E-state index in [0.717, 1.165) is 75.8 Å². The maximum Gasteiger partial charge on any atom is 0.253 e. The lowest BCUT2D eigenvalue weighted by Crippen LogP contribution is -2.53. The number of rotatable bonds is 9. The summed E-state index contributed by atoms with van der Waals surface area (Å²) in [6, 6.07) is 13.6. The SMILES string of the molecule is O=C(NCCOc1ccc(F)c(F)c1)c1cnc(N2CCN(C3CCN(Cc4ccc(Cl)cc4)CC3)CC2)c(Cl)c1. The minimum absolute atomic E-state index is 0.0989. The molecule has 3 heterocycles. The Morgan fingerprint density at radius 3 is 2.37 bits per heavy atom. The molecule has 218 valence electrons. The number of aromatic nitrogens is 1. The Morgan fingerprint density at radius 2 is 1.68 bits per heavy atom. The maximum atomic E-state index is 13.3. The van der Waals surface area contributed by atoms with Crippen LogP contribution in [0.1, 0.15) is 28.8 Å². The first-order chi connectivity index (χ1) is 19.9. The molecule has 41 heavy (non-hydrogen) atoms. The molecule has 0 spiro atoms. The van der Waals surface area contributed by atoms with Crippen LogP contribution >= 0.6 is 23.2 Å². The summed E-state index contributed by atoms with van der Waals surface area (Å²) in [4.78, 5) is 24.3. The third-order valence-electron chi connectivity index (χ3n) is 7.64. The highest BCUT2D eigenvalue weighted by Crippen LogP contribution is 2.27. The standard InChI is InChI=1S/C30H33Cl2F2N5O2/c31-23-3-1-21(2-4-23)20-37-10-7-24(8-11-37)38-12-14-39(15-13-38)29-26(32)17-22(19-36-29)30(40)35-9-16-41-25-5-6-27(33)28(34)18-25/h1-6,17-19,24H,7-16,20H2,(H,35,40). The van der Waals surface area contributed by atoms with Gasteiger partial charge in [-0.1, -0.05) is 35.3 Å². The van der Waals surface area contributed by atoms with Crippen molar-refractivity contribution in [1.82, 2.24) is 20.1 Å². The lowest BCUT2D eigenvalue weighted by atomic mass is 10.0. The minimum Gasteiger partial charge on any atom is -0.492 e. The number of carbonyl (C=O) groups excluding carboxylic acids is 1. The zero-order chi connectivity index (χ0) is 28.8. The van der Waals surface area contributed by atoms with Gasteiger partial charge in [0.25, 0.3) is 5.91 Å². The summed E-state index contributed by atoms with van der Waals surface area (Å²) in [5, 5.41) is 3.92. The van der Waals surface area contributed by atoms with Crippen molar-refractivity contribution < 1.29 is 18.3 Å². The fraction of sp³-hybridized carbons (Fsp3) is 0.400. The number of piperidine rings is 1. The lowest BCUT2D eigenvalue weighted by Gasteiger charge is -2.43. The second-order valence-electron chi connectivity index (χ2n) is 10.4. The highest BCUT2D eigenvalue weighted by molar-refractivity contribution is 6.33. The van der Waals surface area contributed by atoms with Gasteiger partial charge < -0.3 is 15.0 Å². The Morgan fingerprint density at radius 1 is 0.951 bits per heavy atom. The van der Waals surface area contributed by atoms with Crippen molar-refractivity contribution in [2.24, 2.45) is 0 Å². The summed E-state index contributed by atoms with van der Waals surface area (Å²) in [7, 11) is 0. The molecule has 1 aromatic heterocycles. The number of nitrogens with zero attached hydrogens (tertiary/aromatic N) is 4. The minimum atomic E-state index is -0.986. The molecule has 0 radical (unpaired) electrons. The van der Waals surface area contributed by atoms with Gasteiger partial charge in [0.2, 0.25) is 0 Å². The number of amides is 1. The van der Waals surface area contributed by atoms with Gasteiger partial charge in [0.1, 0.15) is 18.2 Å². The van der Waals surface area contributed by atoms with E-state index < -0.39 is 11.6 Å². The van der Waals surface area contributed by atoms with Crippen molar-refractivity contribution in [3.05, 3.63) is 87.5 Å². The Kier molecular flexibility index (Phi) is 9.92. The molecule has 2 aliphatic rings. The van der Waals surface area contributed by atoms with E-state index in [1.165, 1.54) is 17.8 Å². The van der Waals surface area contributed by atoms with Crippen LogP contribution in [0, 0.1) is 11.6 Å². The molecular weight excluding hydrogens is 571 g/mol. The molecule has 0 unspecified atom stereocenters. The fourth-order valence-electron chi connectivity index (χ4n) is 5.38. The van der Waals surface area contributed by atoms with Gasteiger partial charge in [0.05, 0.1) is 17.1 Å². The molecule has 0 aliphatic carbocycles. The van der Waals surface area contributed by atoms with E-state index in [9.17, 15) is 13.6 Å². The van der Waals surface area contributed by atoms with Crippen LogP contribution < -0.4 is 15.0 Å². The van der Waals surface area contributed by atoms with Gasteiger partial charge in [0, 0.05) is 56.1 Å². The molecule has 2 aromatic carbocycles. The van der Waals surface area contributed by atoms with E-state index in [4.69, 9.17) is 27.9 Å². The average Bonchev–Trinajstić information content (AvgIpc) is 2.99. The van der Waals surface area contributed by atoms with Crippen LogP contribution in [0.15, 0.2) is 54.7 Å². The van der Waals surface area contributed by atoms with Gasteiger partial charge in [0.15, 0.2) is 11.6 Å². The number of hydrogen-bond donors (Lipinski definition) is 1. The number of nitrogens with one attached hydrogen (secondary N) is 1. The molecule has 5 rings (SSSR count). The van der Waals surface area contributed by atoms with E-state index in [0.29, 0.717) is 22.4 Å². The Bertz CT molecular complexity index is 1330. The fourth-order valence-corrected chi connectivity index (χ4v) is 5.79. The van der Waals surface area contributed by atoms with Gasteiger partial charge in [-0.15, -0.1) is 0 Å². The van der Waals surface area contributed by atoms with Gasteiger partial charge >= 0.3 is 0 Å². The predicted molar refractivity (Wildman–Crippen MR) is 157 cm³/mol. The van der Waals surface area contributed by atoms with Crippen molar-refractivity contribution in [2.75, 3.05) is 57.3 Å². The van der Waals surface area contributed by atoms with Crippen LogP contribution in [0.3, 0.4) is 0 Å². The Labute approximate surface area is 249 Å². The third kappa shape index (κ3) is 7.86. The number of ether oxygens (including phenoxy) is 1. The largest absolute Gasteiger partial charge is 0.492 e. The molecular formula is C30H33Cl2F2N5O2. The summed E-state index contributed by atoms with van der Waals surface area (Å²) >= 11 is 12.6. The van der Waals surface area contributed by atoms with Crippen LogP contribution in [0.25, 0.3) is 0 Å². The van der Waals surface area contributed by atoms with Gasteiger partial charge in [-0.2, -0.15) is 0 Å². The number of carbonyl (C=O) groups is 1. The molecule has 2 saturated heterocycles. The quantitative estimate of drug-likeness (QED) is 0.337. The van der Waals surface area contributed by atoms with Gasteiger partial charge in [-0.3, -0.25) is 14.6 Å². The molecule has 0 saturated carbocycles. The van der Waals surface area contributed by atoms with Crippen molar-refractivity contribution in [1.29, 1.82) is 0 Å². The molecule has 11 heteroatoms. The first-order valence-corrected chi connectivity index (χ1v) is 14.6. The normalized spacial score (nSPS) is 17.0. The number of anilines is 1. The molecule has 1 N–H and O–H groups in total. The molecule has 1 amide bonds. The lowest BCUT2D eigenvalue weighted by molar-refractivity contribution is 0.0946. The van der Waals surface area contributed by atoms with Crippen LogP contribution in [-0.2, 0) is 6.54 Å². The Hall–Kier alpha value is -2.98. The molecule has 2 fully saturated rings. The van der Waals surface area contributed by atoms with Crippen molar-refractivity contribution in [3.8, 4) is 5.75 Å². The number of hydrogen-bond acceptors (Lipinski definition) is 6. The highest BCUT2D eigenvalue weighted by Gasteiger charge is 2.28. The number of piperazine rings is 1. The van der Waals surface area contributed by atoms with E-state index in [-0.39, 0.29) is 24.8 Å². The number of pyridine rings is 1. The first kappa shape index (κ1) is 29.5. The van der Waals surface area contributed by atoms with Gasteiger partial charge in [-0.25, -0.2) is 13.8 Å². The summed E-state index contributed by atoms with van der Waals surface area (Å²) in [6.07, 6.45) is 3.83.